The second-order valence-corrected chi connectivity index (χ2v) is 6.40. The van der Waals surface area contributed by atoms with E-state index in [1.54, 1.807) is 13.2 Å². The molecule has 0 saturated heterocycles. The normalized spacial score (nSPS) is 14.3. The third-order valence-electron chi connectivity index (χ3n) is 4.64. The fourth-order valence-corrected chi connectivity index (χ4v) is 3.15. The van der Waals surface area contributed by atoms with Crippen LogP contribution in [-0.2, 0) is 33.0 Å². The highest BCUT2D eigenvalue weighted by Crippen LogP contribution is 2.15. The molecule has 0 aromatic carbocycles. The summed E-state index contributed by atoms with van der Waals surface area (Å²) in [7, 11) is 3.73. The molecule has 1 aliphatic rings. The molecule has 0 radical (unpaired) electrons. The van der Waals surface area contributed by atoms with Crippen LogP contribution >= 0.6 is 24.0 Å². The maximum atomic E-state index is 4.39. The van der Waals surface area contributed by atoms with E-state index in [0.29, 0.717) is 6.54 Å². The van der Waals surface area contributed by atoms with Gasteiger partial charge in [-0.05, 0) is 25.3 Å². The fraction of sp³-hybridized carbons (Fsp3) is 0.647. The number of guanidine groups is 1. The van der Waals surface area contributed by atoms with Crippen molar-refractivity contribution in [3.63, 3.8) is 0 Å². The molecule has 144 valence electrons. The number of rotatable bonds is 6. The number of hydrogen-bond donors (Lipinski definition) is 2. The van der Waals surface area contributed by atoms with Crippen LogP contribution in [0.3, 0.4) is 0 Å². The van der Waals surface area contributed by atoms with Crippen LogP contribution in [0.15, 0.2) is 17.3 Å². The molecule has 3 rings (SSSR count). The number of nitrogens with zero attached hydrogens (tertiary/aromatic N) is 6. The molecule has 0 aliphatic carbocycles. The van der Waals surface area contributed by atoms with Gasteiger partial charge in [-0.15, -0.1) is 34.2 Å². The minimum atomic E-state index is 0. The summed E-state index contributed by atoms with van der Waals surface area (Å²) in [6.45, 7) is 2.63. The summed E-state index contributed by atoms with van der Waals surface area (Å²) in [5, 5.41) is 19.6. The lowest BCUT2D eigenvalue weighted by Crippen LogP contribution is -2.37. The van der Waals surface area contributed by atoms with Crippen LogP contribution in [0, 0.1) is 0 Å². The van der Waals surface area contributed by atoms with Crippen molar-refractivity contribution in [3.8, 4) is 0 Å². The van der Waals surface area contributed by atoms with E-state index >= 15 is 0 Å². The molecule has 1 aliphatic heterocycles. The number of aryl methyl sites for hydroxylation is 3. The number of aliphatic imine (C=N–C) groups is 1. The third kappa shape index (κ3) is 5.42. The second kappa shape index (κ2) is 10.5. The van der Waals surface area contributed by atoms with Crippen LogP contribution in [0.5, 0.6) is 0 Å². The van der Waals surface area contributed by atoms with Crippen LogP contribution in [0.1, 0.15) is 43.0 Å². The first kappa shape index (κ1) is 20.7. The minimum Gasteiger partial charge on any atom is -0.356 e. The van der Waals surface area contributed by atoms with E-state index in [1.165, 1.54) is 19.3 Å². The summed E-state index contributed by atoms with van der Waals surface area (Å²) in [5.74, 6) is 3.09. The molecule has 0 fully saturated rings. The Morgan fingerprint density at radius 1 is 1.23 bits per heavy atom. The summed E-state index contributed by atoms with van der Waals surface area (Å²) in [5.41, 5.74) is 1.12. The predicted octanol–water partition coefficient (Wildman–Crippen LogP) is 1.65. The van der Waals surface area contributed by atoms with Crippen LogP contribution in [0.25, 0.3) is 0 Å². The molecule has 0 spiro atoms. The number of hydrogen-bond acceptors (Lipinski definition) is 4. The lowest BCUT2D eigenvalue weighted by atomic mass is 10.2. The molecule has 26 heavy (non-hydrogen) atoms. The van der Waals surface area contributed by atoms with Crippen LogP contribution in [-0.4, -0.2) is 44.1 Å². The van der Waals surface area contributed by atoms with Crippen molar-refractivity contribution in [2.45, 2.75) is 51.6 Å². The first-order valence-electron chi connectivity index (χ1n) is 9.10. The monoisotopic (exact) mass is 472 g/mol. The van der Waals surface area contributed by atoms with Crippen LogP contribution < -0.4 is 10.6 Å². The number of nitrogens with one attached hydrogen (secondary N) is 2. The zero-order valence-corrected chi connectivity index (χ0v) is 17.9. The van der Waals surface area contributed by atoms with Gasteiger partial charge in [-0.3, -0.25) is 9.67 Å². The molecule has 0 amide bonds. The Labute approximate surface area is 171 Å². The third-order valence-corrected chi connectivity index (χ3v) is 4.64. The summed E-state index contributed by atoms with van der Waals surface area (Å²) in [4.78, 5) is 4.27. The molecule has 2 aromatic heterocycles. The average molecular weight is 472 g/mol. The summed E-state index contributed by atoms with van der Waals surface area (Å²) < 4.78 is 4.18. The van der Waals surface area contributed by atoms with E-state index in [2.05, 4.69) is 35.5 Å². The molecule has 0 saturated carbocycles. The Hall–Kier alpha value is -1.65. The van der Waals surface area contributed by atoms with Crippen molar-refractivity contribution in [1.82, 2.24) is 35.2 Å². The van der Waals surface area contributed by atoms with Gasteiger partial charge in [-0.25, -0.2) is 0 Å². The van der Waals surface area contributed by atoms with E-state index in [1.807, 2.05) is 17.8 Å². The number of fused-ring (bicyclic) bond motifs is 1. The number of aromatic nitrogens is 5. The van der Waals surface area contributed by atoms with Gasteiger partial charge in [0.05, 0.1) is 12.2 Å². The van der Waals surface area contributed by atoms with Gasteiger partial charge in [0.25, 0.3) is 0 Å². The number of halogens is 1. The van der Waals surface area contributed by atoms with Crippen molar-refractivity contribution in [3.05, 3.63) is 29.6 Å². The predicted molar refractivity (Wildman–Crippen MR) is 113 cm³/mol. The van der Waals surface area contributed by atoms with E-state index in [4.69, 9.17) is 0 Å². The van der Waals surface area contributed by atoms with Crippen LogP contribution in [0.2, 0.25) is 0 Å². The van der Waals surface area contributed by atoms with Gasteiger partial charge in [0.1, 0.15) is 11.6 Å². The van der Waals surface area contributed by atoms with Crippen molar-refractivity contribution < 1.29 is 0 Å². The maximum absolute atomic E-state index is 4.39. The lowest BCUT2D eigenvalue weighted by molar-refractivity contribution is 0.593. The van der Waals surface area contributed by atoms with Crippen molar-refractivity contribution in [2.24, 2.45) is 12.0 Å². The van der Waals surface area contributed by atoms with Crippen molar-refractivity contribution >= 4 is 29.9 Å². The zero-order chi connectivity index (χ0) is 17.5. The summed E-state index contributed by atoms with van der Waals surface area (Å²) in [6, 6.07) is 2.00. The van der Waals surface area contributed by atoms with Gasteiger partial charge in [-0.1, -0.05) is 6.42 Å². The Balaban J connectivity index is 0.00000243. The topological polar surface area (TPSA) is 84.9 Å². The van der Waals surface area contributed by atoms with E-state index < -0.39 is 0 Å². The first-order chi connectivity index (χ1) is 12.3. The average Bonchev–Trinajstić information content (AvgIpc) is 3.12. The smallest absolute Gasteiger partial charge is 0.191 e. The molecular weight excluding hydrogens is 443 g/mol. The molecule has 0 bridgehead atoms. The summed E-state index contributed by atoms with van der Waals surface area (Å²) in [6.07, 6.45) is 8.58. The molecule has 3 heterocycles. The molecule has 2 N–H and O–H groups in total. The van der Waals surface area contributed by atoms with Gasteiger partial charge in [0.2, 0.25) is 0 Å². The lowest BCUT2D eigenvalue weighted by Gasteiger charge is -2.12. The van der Waals surface area contributed by atoms with Gasteiger partial charge >= 0.3 is 0 Å². The zero-order valence-electron chi connectivity index (χ0n) is 15.6. The Kier molecular flexibility index (Phi) is 8.33. The highest BCUT2D eigenvalue weighted by Gasteiger charge is 2.14. The van der Waals surface area contributed by atoms with E-state index in [0.717, 1.165) is 55.7 Å². The molecule has 0 atom stereocenters. The van der Waals surface area contributed by atoms with Gasteiger partial charge < -0.3 is 15.2 Å². The maximum Gasteiger partial charge on any atom is 0.191 e. The molecule has 2 aromatic rings. The Morgan fingerprint density at radius 3 is 2.88 bits per heavy atom. The van der Waals surface area contributed by atoms with Crippen molar-refractivity contribution in [1.29, 1.82) is 0 Å². The van der Waals surface area contributed by atoms with E-state index in [-0.39, 0.29) is 24.0 Å². The fourth-order valence-electron chi connectivity index (χ4n) is 3.15. The Morgan fingerprint density at radius 2 is 2.12 bits per heavy atom. The summed E-state index contributed by atoms with van der Waals surface area (Å²) >= 11 is 0. The standard InChI is InChI=1S/C17H28N8.HI/c1-18-17(20-13-14-9-11-21-24(14)2)19-10-6-8-16-23-22-15-7-4-3-5-12-25(15)16;/h9,11H,3-8,10,12-13H2,1-2H3,(H2,18,19,20);1H. The molecule has 8 nitrogen and oxygen atoms in total. The van der Waals surface area contributed by atoms with Gasteiger partial charge in [0.15, 0.2) is 5.96 Å². The quantitative estimate of drug-likeness (QED) is 0.289. The van der Waals surface area contributed by atoms with Crippen LogP contribution in [0.4, 0.5) is 0 Å². The van der Waals surface area contributed by atoms with Gasteiger partial charge in [0, 0.05) is 46.2 Å². The van der Waals surface area contributed by atoms with Crippen molar-refractivity contribution in [2.75, 3.05) is 13.6 Å². The molecule has 9 heteroatoms. The van der Waals surface area contributed by atoms with E-state index in [9.17, 15) is 0 Å². The second-order valence-electron chi connectivity index (χ2n) is 6.40. The SMILES string of the molecule is CN=C(NCCCc1nnc2n1CCCCC2)NCc1ccnn1C.I. The van der Waals surface area contributed by atoms with Gasteiger partial charge in [-0.2, -0.15) is 5.10 Å². The highest BCUT2D eigenvalue weighted by molar-refractivity contribution is 14.0. The largest absolute Gasteiger partial charge is 0.356 e. The minimum absolute atomic E-state index is 0. The molecular formula is C17H29IN8. The highest BCUT2D eigenvalue weighted by atomic mass is 127. The first-order valence-corrected chi connectivity index (χ1v) is 9.10. The Bertz CT molecular complexity index is 705. The molecule has 0 unspecified atom stereocenters.